The molecule has 0 amide bonds. The lowest BCUT2D eigenvalue weighted by atomic mass is 9.78. The summed E-state index contributed by atoms with van der Waals surface area (Å²) in [4.78, 5) is 0. The molecule has 1 aliphatic carbocycles. The summed E-state index contributed by atoms with van der Waals surface area (Å²) in [5.41, 5.74) is 0.0592. The third-order valence-electron chi connectivity index (χ3n) is 4.04. The Morgan fingerprint density at radius 2 is 2.32 bits per heavy atom. The molecule has 1 fully saturated rings. The number of hydrogen-bond donors (Lipinski definition) is 1. The number of ether oxygens (including phenoxy) is 1. The summed E-state index contributed by atoms with van der Waals surface area (Å²) >= 11 is 3.45. The number of methoxy groups -OCH3 is 1. The minimum Gasteiger partial charge on any atom is -0.497 e. The van der Waals surface area contributed by atoms with Gasteiger partial charge in [-0.3, -0.25) is 0 Å². The molecular weight excluding hydrogens is 306 g/mol. The van der Waals surface area contributed by atoms with Gasteiger partial charge in [0.05, 0.1) is 24.7 Å². The van der Waals surface area contributed by atoms with E-state index in [2.05, 4.69) is 28.9 Å². The van der Waals surface area contributed by atoms with Crippen LogP contribution in [0, 0.1) is 22.7 Å². The summed E-state index contributed by atoms with van der Waals surface area (Å²) in [6.07, 6.45) is 1.70. The summed E-state index contributed by atoms with van der Waals surface area (Å²) in [6, 6.07) is 7.84. The molecule has 0 aliphatic heterocycles. The lowest BCUT2D eigenvalue weighted by Crippen LogP contribution is -2.24. The molecule has 4 heteroatoms. The highest BCUT2D eigenvalue weighted by atomic mass is 79.9. The van der Waals surface area contributed by atoms with Crippen molar-refractivity contribution in [1.29, 1.82) is 5.26 Å². The van der Waals surface area contributed by atoms with E-state index in [1.807, 2.05) is 12.1 Å². The molecule has 1 N–H and O–H groups in total. The van der Waals surface area contributed by atoms with Crippen LogP contribution in [0.25, 0.3) is 0 Å². The Balaban J connectivity index is 2.38. The number of aliphatic hydroxyl groups is 1. The van der Waals surface area contributed by atoms with Crippen molar-refractivity contribution in [3.63, 3.8) is 0 Å². The van der Waals surface area contributed by atoms with Gasteiger partial charge in [-0.15, -0.1) is 0 Å². The average Bonchev–Trinajstić information content (AvgIpc) is 2.81. The number of nitrogens with zero attached hydrogens (tertiary/aromatic N) is 1. The van der Waals surface area contributed by atoms with Gasteiger partial charge < -0.3 is 9.84 Å². The van der Waals surface area contributed by atoms with Crippen LogP contribution in [0.15, 0.2) is 22.7 Å². The van der Waals surface area contributed by atoms with Crippen LogP contribution in [-0.4, -0.2) is 12.2 Å². The van der Waals surface area contributed by atoms with Crippen molar-refractivity contribution in [2.45, 2.75) is 32.3 Å². The fraction of sp³-hybridized carbons (Fsp3) is 0.533. The standard InChI is InChI=1S/C15H18BrNO2/c1-10-5-6-15(8-10,9-17)14(18)12-7-11(19-2)3-4-13(12)16/h3-4,7,10,14,18H,5-6,8H2,1-2H3. The van der Waals surface area contributed by atoms with Gasteiger partial charge >= 0.3 is 0 Å². The number of aliphatic hydroxyl groups excluding tert-OH is 1. The van der Waals surface area contributed by atoms with Crippen LogP contribution in [-0.2, 0) is 0 Å². The van der Waals surface area contributed by atoms with Gasteiger partial charge in [-0.05, 0) is 48.9 Å². The zero-order valence-corrected chi connectivity index (χ0v) is 12.8. The van der Waals surface area contributed by atoms with Crippen molar-refractivity contribution < 1.29 is 9.84 Å². The lowest BCUT2D eigenvalue weighted by molar-refractivity contribution is 0.0639. The molecule has 102 valence electrons. The van der Waals surface area contributed by atoms with E-state index in [9.17, 15) is 10.4 Å². The highest BCUT2D eigenvalue weighted by molar-refractivity contribution is 9.10. The molecule has 1 aromatic rings. The lowest BCUT2D eigenvalue weighted by Gasteiger charge is -2.28. The quantitative estimate of drug-likeness (QED) is 0.919. The van der Waals surface area contributed by atoms with Crippen LogP contribution in [0.3, 0.4) is 0 Å². The zero-order valence-electron chi connectivity index (χ0n) is 11.2. The number of rotatable bonds is 3. The van der Waals surface area contributed by atoms with Gasteiger partial charge in [-0.2, -0.15) is 5.26 Å². The average molecular weight is 324 g/mol. The van der Waals surface area contributed by atoms with Crippen molar-refractivity contribution in [3.8, 4) is 11.8 Å². The van der Waals surface area contributed by atoms with E-state index in [4.69, 9.17) is 4.74 Å². The van der Waals surface area contributed by atoms with E-state index >= 15 is 0 Å². The van der Waals surface area contributed by atoms with Crippen LogP contribution in [0.2, 0.25) is 0 Å². The maximum Gasteiger partial charge on any atom is 0.119 e. The summed E-state index contributed by atoms with van der Waals surface area (Å²) in [5.74, 6) is 1.18. The third-order valence-corrected chi connectivity index (χ3v) is 4.76. The second kappa shape index (κ2) is 5.52. The van der Waals surface area contributed by atoms with Gasteiger partial charge in [0.25, 0.3) is 0 Å². The summed E-state index contributed by atoms with van der Waals surface area (Å²) in [6.45, 7) is 2.13. The SMILES string of the molecule is COc1ccc(Br)c(C(O)C2(C#N)CCC(C)C2)c1. The maximum atomic E-state index is 10.7. The van der Waals surface area contributed by atoms with Crippen LogP contribution in [0.4, 0.5) is 0 Å². The summed E-state index contributed by atoms with van der Waals surface area (Å²) < 4.78 is 6.01. The van der Waals surface area contributed by atoms with Crippen LogP contribution in [0.5, 0.6) is 5.75 Å². The molecule has 0 spiro atoms. The van der Waals surface area contributed by atoms with E-state index in [1.54, 1.807) is 13.2 Å². The van der Waals surface area contributed by atoms with Crippen molar-refractivity contribution in [3.05, 3.63) is 28.2 Å². The van der Waals surface area contributed by atoms with Crippen LogP contribution >= 0.6 is 15.9 Å². The Morgan fingerprint density at radius 3 is 2.84 bits per heavy atom. The highest BCUT2D eigenvalue weighted by Crippen LogP contribution is 2.50. The van der Waals surface area contributed by atoms with Gasteiger partial charge in [0.2, 0.25) is 0 Å². The first-order valence-corrected chi connectivity index (χ1v) is 7.24. The predicted octanol–water partition coefficient (Wildman–Crippen LogP) is 3.82. The molecule has 1 saturated carbocycles. The molecule has 0 heterocycles. The van der Waals surface area contributed by atoms with E-state index in [0.29, 0.717) is 11.7 Å². The molecule has 0 radical (unpaired) electrons. The molecule has 1 aliphatic rings. The van der Waals surface area contributed by atoms with Gasteiger partial charge in [-0.1, -0.05) is 22.9 Å². The smallest absolute Gasteiger partial charge is 0.119 e. The molecule has 3 atom stereocenters. The molecule has 19 heavy (non-hydrogen) atoms. The molecule has 0 bridgehead atoms. The Bertz CT molecular complexity index is 511. The first kappa shape index (κ1) is 14.4. The van der Waals surface area contributed by atoms with E-state index < -0.39 is 11.5 Å². The third kappa shape index (κ3) is 2.63. The molecule has 0 aromatic heterocycles. The van der Waals surface area contributed by atoms with Crippen molar-refractivity contribution in [1.82, 2.24) is 0 Å². The summed E-state index contributed by atoms with van der Waals surface area (Å²) in [7, 11) is 1.59. The number of nitriles is 1. The minimum atomic E-state index is -0.785. The van der Waals surface area contributed by atoms with Gasteiger partial charge in [-0.25, -0.2) is 0 Å². The largest absolute Gasteiger partial charge is 0.497 e. The molecule has 0 saturated heterocycles. The molecule has 2 rings (SSSR count). The fourth-order valence-corrected chi connectivity index (χ4v) is 3.36. The second-order valence-electron chi connectivity index (χ2n) is 5.41. The van der Waals surface area contributed by atoms with Crippen LogP contribution in [0.1, 0.15) is 37.9 Å². The van der Waals surface area contributed by atoms with E-state index in [-0.39, 0.29) is 0 Å². The first-order chi connectivity index (χ1) is 9.02. The zero-order chi connectivity index (χ0) is 14.0. The monoisotopic (exact) mass is 323 g/mol. The van der Waals surface area contributed by atoms with Gasteiger partial charge in [0, 0.05) is 4.47 Å². The Hall–Kier alpha value is -1.05. The van der Waals surface area contributed by atoms with Crippen molar-refractivity contribution in [2.24, 2.45) is 11.3 Å². The van der Waals surface area contributed by atoms with Gasteiger partial charge in [0.15, 0.2) is 0 Å². The molecule has 1 aromatic carbocycles. The van der Waals surface area contributed by atoms with Crippen molar-refractivity contribution >= 4 is 15.9 Å². The number of halogens is 1. The van der Waals surface area contributed by atoms with Crippen molar-refractivity contribution in [2.75, 3.05) is 7.11 Å². The predicted molar refractivity (Wildman–Crippen MR) is 76.7 cm³/mol. The number of hydrogen-bond acceptors (Lipinski definition) is 3. The molecular formula is C15H18BrNO2. The second-order valence-corrected chi connectivity index (χ2v) is 6.26. The Kier molecular flexibility index (Phi) is 4.17. The van der Waals surface area contributed by atoms with Gasteiger partial charge in [0.1, 0.15) is 5.75 Å². The normalized spacial score (nSPS) is 27.8. The fourth-order valence-electron chi connectivity index (χ4n) is 2.90. The highest BCUT2D eigenvalue weighted by Gasteiger charge is 2.45. The topological polar surface area (TPSA) is 53.2 Å². The summed E-state index contributed by atoms with van der Waals surface area (Å²) in [5, 5.41) is 20.2. The van der Waals surface area contributed by atoms with E-state index in [0.717, 1.165) is 29.3 Å². The van der Waals surface area contributed by atoms with Crippen LogP contribution < -0.4 is 4.74 Å². The molecule has 3 nitrogen and oxygen atoms in total. The maximum absolute atomic E-state index is 10.7. The Labute approximate surface area is 122 Å². The number of benzene rings is 1. The minimum absolute atomic E-state index is 0.485. The first-order valence-electron chi connectivity index (χ1n) is 6.45. The Morgan fingerprint density at radius 1 is 1.58 bits per heavy atom. The van der Waals surface area contributed by atoms with E-state index in [1.165, 1.54) is 0 Å². The molecule has 3 unspecified atom stereocenters.